The zero-order valence-electron chi connectivity index (χ0n) is 12.3. The summed E-state index contributed by atoms with van der Waals surface area (Å²) in [5.41, 5.74) is 2.61. The molecule has 0 unspecified atom stereocenters. The van der Waals surface area contributed by atoms with Gasteiger partial charge in [0.05, 0.1) is 10.0 Å². The summed E-state index contributed by atoms with van der Waals surface area (Å²) in [4.78, 5) is 11.9. The topological polar surface area (TPSA) is 41.1 Å². The van der Waals surface area contributed by atoms with Crippen molar-refractivity contribution in [2.45, 2.75) is 26.2 Å². The van der Waals surface area contributed by atoms with Crippen LogP contribution >= 0.6 is 23.2 Å². The predicted octanol–water partition coefficient (Wildman–Crippen LogP) is 5.98. The summed E-state index contributed by atoms with van der Waals surface area (Å²) in [6, 6.07) is 12.5. The van der Waals surface area contributed by atoms with E-state index in [4.69, 9.17) is 23.2 Å². The summed E-state index contributed by atoms with van der Waals surface area (Å²) in [7, 11) is 0. The number of carbonyl (C=O) groups excluding carboxylic acids is 1. The smallest absolute Gasteiger partial charge is 0.308 e. The van der Waals surface area contributed by atoms with Gasteiger partial charge >= 0.3 is 6.03 Å². The molecule has 0 radical (unpaired) electrons. The highest BCUT2D eigenvalue weighted by Crippen LogP contribution is 2.25. The van der Waals surface area contributed by atoms with E-state index in [1.54, 1.807) is 18.2 Å². The lowest BCUT2D eigenvalue weighted by Crippen LogP contribution is -2.19. The van der Waals surface area contributed by atoms with E-state index in [2.05, 4.69) is 17.6 Å². The van der Waals surface area contributed by atoms with Crippen LogP contribution in [0.1, 0.15) is 25.3 Å². The van der Waals surface area contributed by atoms with Crippen LogP contribution in [0.15, 0.2) is 42.5 Å². The number of anilines is 2. The molecule has 0 atom stereocenters. The zero-order valence-corrected chi connectivity index (χ0v) is 13.8. The van der Waals surface area contributed by atoms with Gasteiger partial charge in [-0.3, -0.25) is 0 Å². The standard InChI is InChI=1S/C17H18Cl2N2O/c1-2-3-4-12-5-7-13(8-6-12)20-17(22)21-14-9-10-15(18)16(19)11-14/h5-11H,2-4H2,1H3,(H2,20,21,22). The van der Waals surface area contributed by atoms with Crippen LogP contribution in [0.25, 0.3) is 0 Å². The fourth-order valence-corrected chi connectivity index (χ4v) is 2.30. The number of rotatable bonds is 5. The van der Waals surface area contributed by atoms with E-state index in [9.17, 15) is 4.79 Å². The van der Waals surface area contributed by atoms with E-state index in [0.717, 1.165) is 12.1 Å². The number of hydrogen-bond donors (Lipinski definition) is 2. The van der Waals surface area contributed by atoms with Crippen molar-refractivity contribution in [3.05, 3.63) is 58.1 Å². The molecule has 2 amide bonds. The largest absolute Gasteiger partial charge is 0.323 e. The molecular weight excluding hydrogens is 319 g/mol. The van der Waals surface area contributed by atoms with E-state index in [1.165, 1.54) is 18.4 Å². The molecule has 0 aromatic heterocycles. The number of urea groups is 1. The lowest BCUT2D eigenvalue weighted by Gasteiger charge is -2.09. The number of nitrogens with one attached hydrogen (secondary N) is 2. The molecule has 22 heavy (non-hydrogen) atoms. The number of hydrogen-bond acceptors (Lipinski definition) is 1. The van der Waals surface area contributed by atoms with Crippen molar-refractivity contribution in [2.75, 3.05) is 10.6 Å². The van der Waals surface area contributed by atoms with E-state index >= 15 is 0 Å². The Bertz CT molecular complexity index is 642. The third kappa shape index (κ3) is 4.93. The lowest BCUT2D eigenvalue weighted by atomic mass is 10.1. The van der Waals surface area contributed by atoms with Gasteiger partial charge < -0.3 is 10.6 Å². The molecule has 0 spiro atoms. The molecule has 0 heterocycles. The third-order valence-corrected chi connectivity index (χ3v) is 3.95. The van der Waals surface area contributed by atoms with Crippen molar-refractivity contribution in [3.63, 3.8) is 0 Å². The molecule has 0 saturated heterocycles. The van der Waals surface area contributed by atoms with Gasteiger partial charge in [0.1, 0.15) is 0 Å². The highest BCUT2D eigenvalue weighted by Gasteiger charge is 2.05. The van der Waals surface area contributed by atoms with Gasteiger partial charge in [0, 0.05) is 11.4 Å². The zero-order chi connectivity index (χ0) is 15.9. The Balaban J connectivity index is 1.92. The summed E-state index contributed by atoms with van der Waals surface area (Å²) in [5, 5.41) is 6.35. The maximum absolute atomic E-state index is 11.9. The van der Waals surface area contributed by atoms with Gasteiger partial charge in [0.25, 0.3) is 0 Å². The second kappa shape index (κ2) is 8.06. The Morgan fingerprint density at radius 2 is 1.59 bits per heavy atom. The monoisotopic (exact) mass is 336 g/mol. The average molecular weight is 337 g/mol. The molecule has 0 saturated carbocycles. The van der Waals surface area contributed by atoms with Crippen LogP contribution in [0.2, 0.25) is 10.0 Å². The molecule has 5 heteroatoms. The van der Waals surface area contributed by atoms with Crippen LogP contribution in [-0.2, 0) is 6.42 Å². The van der Waals surface area contributed by atoms with E-state index < -0.39 is 0 Å². The summed E-state index contributed by atoms with van der Waals surface area (Å²) in [6.45, 7) is 2.17. The molecule has 2 aromatic rings. The maximum atomic E-state index is 11.9. The lowest BCUT2D eigenvalue weighted by molar-refractivity contribution is 0.262. The minimum Gasteiger partial charge on any atom is -0.308 e. The average Bonchev–Trinajstić information content (AvgIpc) is 2.50. The first-order valence-electron chi connectivity index (χ1n) is 7.20. The van der Waals surface area contributed by atoms with E-state index in [0.29, 0.717) is 15.7 Å². The van der Waals surface area contributed by atoms with Crippen LogP contribution in [-0.4, -0.2) is 6.03 Å². The molecular formula is C17H18Cl2N2O. The Hall–Kier alpha value is -1.71. The highest BCUT2D eigenvalue weighted by atomic mass is 35.5. The Labute approximate surface area is 140 Å². The number of amides is 2. The van der Waals surface area contributed by atoms with Gasteiger partial charge in [0.15, 0.2) is 0 Å². The first kappa shape index (κ1) is 16.7. The van der Waals surface area contributed by atoms with Gasteiger partial charge in [-0.2, -0.15) is 0 Å². The summed E-state index contributed by atoms with van der Waals surface area (Å²) in [5.74, 6) is 0. The van der Waals surface area contributed by atoms with Crippen molar-refractivity contribution in [2.24, 2.45) is 0 Å². The molecule has 0 aliphatic rings. The number of aryl methyl sites for hydroxylation is 1. The van der Waals surface area contributed by atoms with Crippen molar-refractivity contribution in [3.8, 4) is 0 Å². The van der Waals surface area contributed by atoms with Gasteiger partial charge in [-0.25, -0.2) is 4.79 Å². The first-order chi connectivity index (χ1) is 10.6. The fraction of sp³-hybridized carbons (Fsp3) is 0.235. The predicted molar refractivity (Wildman–Crippen MR) is 94.2 cm³/mol. The van der Waals surface area contributed by atoms with Gasteiger partial charge in [-0.15, -0.1) is 0 Å². The second-order valence-electron chi connectivity index (χ2n) is 5.01. The molecule has 0 bridgehead atoms. The van der Waals surface area contributed by atoms with Gasteiger partial charge in [-0.1, -0.05) is 48.7 Å². The molecule has 0 aliphatic heterocycles. The molecule has 116 valence electrons. The molecule has 3 nitrogen and oxygen atoms in total. The van der Waals surface area contributed by atoms with Crippen molar-refractivity contribution in [1.82, 2.24) is 0 Å². The Kier molecular flexibility index (Phi) is 6.10. The Morgan fingerprint density at radius 1 is 0.955 bits per heavy atom. The van der Waals surface area contributed by atoms with Crippen LogP contribution in [0.4, 0.5) is 16.2 Å². The molecule has 0 aliphatic carbocycles. The molecule has 0 fully saturated rings. The van der Waals surface area contributed by atoms with Crippen molar-refractivity contribution >= 4 is 40.6 Å². The molecule has 2 N–H and O–H groups in total. The second-order valence-corrected chi connectivity index (χ2v) is 5.82. The highest BCUT2D eigenvalue weighted by molar-refractivity contribution is 6.42. The van der Waals surface area contributed by atoms with Gasteiger partial charge in [-0.05, 0) is 48.7 Å². The van der Waals surface area contributed by atoms with Crippen LogP contribution in [0.5, 0.6) is 0 Å². The van der Waals surface area contributed by atoms with Crippen LogP contribution in [0, 0.1) is 0 Å². The quantitative estimate of drug-likeness (QED) is 0.692. The fourth-order valence-electron chi connectivity index (χ4n) is 2.00. The number of carbonyl (C=O) groups is 1. The minimum atomic E-state index is -0.320. The van der Waals surface area contributed by atoms with E-state index in [-0.39, 0.29) is 6.03 Å². The Morgan fingerprint density at radius 3 is 2.23 bits per heavy atom. The number of unbranched alkanes of at least 4 members (excludes halogenated alkanes) is 1. The number of halogens is 2. The summed E-state index contributed by atoms with van der Waals surface area (Å²) >= 11 is 11.8. The van der Waals surface area contributed by atoms with Crippen LogP contribution in [0.3, 0.4) is 0 Å². The maximum Gasteiger partial charge on any atom is 0.323 e. The van der Waals surface area contributed by atoms with Crippen LogP contribution < -0.4 is 10.6 Å². The first-order valence-corrected chi connectivity index (χ1v) is 7.96. The number of benzene rings is 2. The molecule has 2 aromatic carbocycles. The minimum absolute atomic E-state index is 0.320. The van der Waals surface area contributed by atoms with Crippen molar-refractivity contribution < 1.29 is 4.79 Å². The summed E-state index contributed by atoms with van der Waals surface area (Å²) < 4.78 is 0. The normalized spacial score (nSPS) is 10.3. The van der Waals surface area contributed by atoms with Crippen molar-refractivity contribution in [1.29, 1.82) is 0 Å². The third-order valence-electron chi connectivity index (χ3n) is 3.21. The summed E-state index contributed by atoms with van der Waals surface area (Å²) in [6.07, 6.45) is 3.41. The SMILES string of the molecule is CCCCc1ccc(NC(=O)Nc2ccc(Cl)c(Cl)c2)cc1. The van der Waals surface area contributed by atoms with E-state index in [1.807, 2.05) is 24.3 Å². The molecule has 2 rings (SSSR count). The van der Waals surface area contributed by atoms with Gasteiger partial charge in [0.2, 0.25) is 0 Å².